The Labute approximate surface area is 170 Å². The lowest BCUT2D eigenvalue weighted by Gasteiger charge is -2.23. The minimum atomic E-state index is -0.166. The van der Waals surface area contributed by atoms with Gasteiger partial charge in [0, 0.05) is 0 Å². The molecule has 0 amide bonds. The van der Waals surface area contributed by atoms with Crippen LogP contribution in [0.2, 0.25) is 0 Å². The van der Waals surface area contributed by atoms with Gasteiger partial charge >= 0.3 is 0 Å². The zero-order valence-corrected chi connectivity index (χ0v) is 17.5. The number of hydrogen-bond donors (Lipinski definition) is 2. The Balaban J connectivity index is 1.86. The molecule has 1 fully saturated rings. The molecule has 1 aromatic heterocycles. The number of thioether (sulfide) groups is 1. The van der Waals surface area contributed by atoms with Crippen LogP contribution in [0.25, 0.3) is 5.69 Å². The molecule has 0 unspecified atom stereocenters. The highest BCUT2D eigenvalue weighted by Gasteiger charge is 2.19. The Hall–Kier alpha value is -1.83. The predicted molar refractivity (Wildman–Crippen MR) is 112 cm³/mol. The minimum Gasteiger partial charge on any atom is -0.493 e. The molecular weight excluding hydrogens is 374 g/mol. The largest absolute Gasteiger partial charge is 0.493 e. The van der Waals surface area contributed by atoms with E-state index in [1.165, 1.54) is 16.7 Å². The normalized spacial score (nSPS) is 15.2. The van der Waals surface area contributed by atoms with Gasteiger partial charge in [0.2, 0.25) is 5.88 Å². The topological polar surface area (TPSA) is 68.8 Å². The molecule has 1 aromatic carbocycles. The fraction of sp³-hybridized carbons (Fsp3) is 0.524. The lowest BCUT2D eigenvalue weighted by Crippen LogP contribution is -3.14. The Morgan fingerprint density at radius 3 is 2.64 bits per heavy atom. The Kier molecular flexibility index (Phi) is 7.53. The second-order valence-electron chi connectivity index (χ2n) is 7.57. The van der Waals surface area contributed by atoms with Crippen molar-refractivity contribution in [3.63, 3.8) is 0 Å². The van der Waals surface area contributed by atoms with E-state index in [0.717, 1.165) is 50.7 Å². The Morgan fingerprint density at radius 2 is 1.96 bits per heavy atom. The van der Waals surface area contributed by atoms with E-state index in [-0.39, 0.29) is 11.4 Å². The number of rotatable bonds is 8. The second-order valence-corrected chi connectivity index (χ2v) is 8.63. The second kappa shape index (κ2) is 10.1. The van der Waals surface area contributed by atoms with Crippen LogP contribution in [0.4, 0.5) is 0 Å². The monoisotopic (exact) mass is 404 g/mol. The molecule has 2 N–H and O–H groups in total. The molecule has 2 aromatic rings. The molecule has 0 bridgehead atoms. The van der Waals surface area contributed by atoms with E-state index in [2.05, 4.69) is 18.8 Å². The van der Waals surface area contributed by atoms with E-state index < -0.39 is 0 Å². The number of ether oxygens (including phenoxy) is 1. The maximum Gasteiger partial charge on any atom is 0.265 e. The maximum atomic E-state index is 13.2. The van der Waals surface area contributed by atoms with Crippen molar-refractivity contribution in [2.45, 2.75) is 31.8 Å². The third-order valence-corrected chi connectivity index (χ3v) is 5.94. The van der Waals surface area contributed by atoms with E-state index in [0.29, 0.717) is 23.1 Å². The number of para-hydroxylation sites is 1. The lowest BCUT2D eigenvalue weighted by atomic mass is 10.0. The van der Waals surface area contributed by atoms with Crippen LogP contribution in [0.15, 0.2) is 40.3 Å². The summed E-state index contributed by atoms with van der Waals surface area (Å²) < 4.78 is 7.05. The number of nitrogens with one attached hydrogen (secondary N) is 1. The van der Waals surface area contributed by atoms with E-state index >= 15 is 0 Å². The fourth-order valence-electron chi connectivity index (χ4n) is 3.28. The van der Waals surface area contributed by atoms with Gasteiger partial charge < -0.3 is 14.7 Å². The number of nitrogens with zero attached hydrogens (tertiary/aromatic N) is 2. The predicted octanol–water partition coefficient (Wildman–Crippen LogP) is 1.53. The summed E-state index contributed by atoms with van der Waals surface area (Å²) in [6.45, 7) is 8.83. The summed E-state index contributed by atoms with van der Waals surface area (Å²) in [7, 11) is 0. The van der Waals surface area contributed by atoms with E-state index in [4.69, 9.17) is 4.74 Å². The van der Waals surface area contributed by atoms with Crippen LogP contribution in [0.5, 0.6) is 5.88 Å². The van der Waals surface area contributed by atoms with Gasteiger partial charge in [0.05, 0.1) is 36.8 Å². The van der Waals surface area contributed by atoms with Gasteiger partial charge in [0.15, 0.2) is 5.16 Å². The third-order valence-electron chi connectivity index (χ3n) is 5.00. The molecule has 152 valence electrons. The number of morpholine rings is 1. The van der Waals surface area contributed by atoms with Crippen LogP contribution in [-0.4, -0.2) is 53.3 Å². The van der Waals surface area contributed by atoms with Crippen molar-refractivity contribution in [1.29, 1.82) is 0 Å². The number of aromatic nitrogens is 2. The molecule has 0 atom stereocenters. The SMILES string of the molecule is CC(C)CCc1c(O)nc(SCC[NH+]2CCOCC2)n(-c2ccccc2)c1=O. The summed E-state index contributed by atoms with van der Waals surface area (Å²) in [5.41, 5.74) is 1.02. The van der Waals surface area contributed by atoms with Crippen LogP contribution >= 0.6 is 11.8 Å². The van der Waals surface area contributed by atoms with Crippen LogP contribution in [0.3, 0.4) is 0 Å². The summed E-state index contributed by atoms with van der Waals surface area (Å²) >= 11 is 1.53. The highest BCUT2D eigenvalue weighted by Crippen LogP contribution is 2.23. The molecule has 28 heavy (non-hydrogen) atoms. The summed E-state index contributed by atoms with van der Waals surface area (Å²) in [4.78, 5) is 19.1. The summed E-state index contributed by atoms with van der Waals surface area (Å²) in [6, 6.07) is 9.56. The molecule has 1 saturated heterocycles. The molecule has 0 saturated carbocycles. The lowest BCUT2D eigenvalue weighted by molar-refractivity contribution is -0.905. The van der Waals surface area contributed by atoms with Gasteiger partial charge in [-0.1, -0.05) is 43.8 Å². The first-order valence-electron chi connectivity index (χ1n) is 10.0. The highest BCUT2D eigenvalue weighted by molar-refractivity contribution is 7.99. The molecule has 7 heteroatoms. The summed E-state index contributed by atoms with van der Waals surface area (Å²) in [6.07, 6.45) is 1.37. The standard InChI is InChI=1S/C21H29N3O3S/c1-16(2)8-9-18-19(25)22-21(28-15-12-23-10-13-27-14-11-23)24(20(18)26)17-6-4-3-5-7-17/h3-7,16,25H,8-15H2,1-2H3/p+1. The van der Waals surface area contributed by atoms with Gasteiger partial charge in [-0.2, -0.15) is 4.98 Å². The zero-order valence-electron chi connectivity index (χ0n) is 16.7. The maximum absolute atomic E-state index is 13.2. The molecule has 2 heterocycles. The van der Waals surface area contributed by atoms with Crippen molar-refractivity contribution >= 4 is 11.8 Å². The molecule has 3 rings (SSSR count). The molecule has 0 radical (unpaired) electrons. The van der Waals surface area contributed by atoms with Gasteiger partial charge in [0.25, 0.3) is 5.56 Å². The quantitative estimate of drug-likeness (QED) is 0.516. The molecule has 0 aliphatic carbocycles. The number of quaternary nitrogens is 1. The zero-order chi connectivity index (χ0) is 19.9. The van der Waals surface area contributed by atoms with E-state index in [9.17, 15) is 9.90 Å². The van der Waals surface area contributed by atoms with Gasteiger partial charge in [-0.25, -0.2) is 0 Å². The summed E-state index contributed by atoms with van der Waals surface area (Å²) in [5.74, 6) is 1.16. The number of hydrogen-bond acceptors (Lipinski definition) is 5. The Morgan fingerprint density at radius 1 is 1.25 bits per heavy atom. The smallest absolute Gasteiger partial charge is 0.265 e. The molecule has 1 aliphatic rings. The van der Waals surface area contributed by atoms with Gasteiger partial charge in [-0.3, -0.25) is 9.36 Å². The molecule has 6 nitrogen and oxygen atoms in total. The average molecular weight is 405 g/mol. The fourth-order valence-corrected chi connectivity index (χ4v) is 4.32. The number of aromatic hydroxyl groups is 1. The summed E-state index contributed by atoms with van der Waals surface area (Å²) in [5, 5.41) is 11.0. The van der Waals surface area contributed by atoms with Gasteiger partial charge in [0.1, 0.15) is 13.1 Å². The van der Waals surface area contributed by atoms with Crippen LogP contribution < -0.4 is 10.5 Å². The van der Waals surface area contributed by atoms with Crippen molar-refractivity contribution in [3.05, 3.63) is 46.2 Å². The van der Waals surface area contributed by atoms with Crippen LogP contribution in [0, 0.1) is 5.92 Å². The van der Waals surface area contributed by atoms with E-state index in [1.807, 2.05) is 30.3 Å². The van der Waals surface area contributed by atoms with Gasteiger partial charge in [-0.15, -0.1) is 0 Å². The number of benzene rings is 1. The highest BCUT2D eigenvalue weighted by atomic mass is 32.2. The van der Waals surface area contributed by atoms with Crippen molar-refractivity contribution in [3.8, 4) is 11.6 Å². The first-order chi connectivity index (χ1) is 13.6. The van der Waals surface area contributed by atoms with Crippen LogP contribution in [0.1, 0.15) is 25.8 Å². The third kappa shape index (κ3) is 5.37. The first-order valence-corrected chi connectivity index (χ1v) is 11.0. The molecule has 1 aliphatic heterocycles. The first kappa shape index (κ1) is 20.9. The molecular formula is C21H30N3O3S+. The van der Waals surface area contributed by atoms with Crippen LogP contribution in [-0.2, 0) is 11.2 Å². The molecule has 0 spiro atoms. The van der Waals surface area contributed by atoms with Crippen molar-refractivity contribution in [2.75, 3.05) is 38.6 Å². The van der Waals surface area contributed by atoms with Crippen molar-refractivity contribution in [2.24, 2.45) is 5.92 Å². The minimum absolute atomic E-state index is 0.126. The average Bonchev–Trinajstić information content (AvgIpc) is 2.69. The Bertz CT molecular complexity index is 818. The van der Waals surface area contributed by atoms with Crippen molar-refractivity contribution in [1.82, 2.24) is 9.55 Å². The van der Waals surface area contributed by atoms with Crippen molar-refractivity contribution < 1.29 is 14.7 Å². The van der Waals surface area contributed by atoms with Gasteiger partial charge in [-0.05, 0) is 30.9 Å². The van der Waals surface area contributed by atoms with E-state index in [1.54, 1.807) is 4.57 Å².